The molecule has 0 saturated carbocycles. The normalized spacial score (nSPS) is 14.3. The molecular weight excluding hydrogens is 484 g/mol. The number of ether oxygens (including phenoxy) is 2. The summed E-state index contributed by atoms with van der Waals surface area (Å²) < 4.78 is 14.1. The van der Waals surface area contributed by atoms with Gasteiger partial charge in [0.25, 0.3) is 5.56 Å². The Labute approximate surface area is 220 Å². The molecule has 10 nitrogen and oxygen atoms in total. The molecular formula is C28H34N6O4. The molecule has 0 unspecified atom stereocenters. The zero-order chi connectivity index (χ0) is 27.0. The Morgan fingerprint density at radius 1 is 1.00 bits per heavy atom. The molecule has 38 heavy (non-hydrogen) atoms. The van der Waals surface area contributed by atoms with E-state index in [1.807, 2.05) is 37.3 Å². The van der Waals surface area contributed by atoms with E-state index >= 15 is 0 Å². The van der Waals surface area contributed by atoms with Crippen LogP contribution in [-0.2, 0) is 7.05 Å². The third kappa shape index (κ3) is 4.44. The highest BCUT2D eigenvalue weighted by molar-refractivity contribution is 5.93. The number of nitrogens with zero attached hydrogens (tertiary/aromatic N) is 5. The van der Waals surface area contributed by atoms with Crippen LogP contribution in [-0.4, -0.2) is 53.0 Å². The molecule has 1 N–H and O–H groups in total. The quantitative estimate of drug-likeness (QED) is 0.396. The molecule has 200 valence electrons. The van der Waals surface area contributed by atoms with Crippen LogP contribution in [0.1, 0.15) is 37.8 Å². The van der Waals surface area contributed by atoms with Crippen molar-refractivity contribution in [1.29, 1.82) is 0 Å². The number of benzene rings is 2. The van der Waals surface area contributed by atoms with Gasteiger partial charge in [-0.05, 0) is 44.4 Å². The number of rotatable bonds is 7. The number of anilines is 2. The molecule has 2 aromatic carbocycles. The van der Waals surface area contributed by atoms with Crippen LogP contribution in [0.5, 0.6) is 11.5 Å². The summed E-state index contributed by atoms with van der Waals surface area (Å²) in [5, 5.41) is 4.73. The number of hydrogen-bond acceptors (Lipinski definition) is 8. The van der Waals surface area contributed by atoms with E-state index in [2.05, 4.69) is 17.1 Å². The van der Waals surface area contributed by atoms with Gasteiger partial charge in [0.1, 0.15) is 5.82 Å². The number of aryl methyl sites for hydroxylation is 2. The summed E-state index contributed by atoms with van der Waals surface area (Å²) >= 11 is 0. The Kier molecular flexibility index (Phi) is 6.96. The number of hydrogen-bond donors (Lipinski definition) is 1. The molecule has 3 heterocycles. The van der Waals surface area contributed by atoms with Crippen molar-refractivity contribution in [3.05, 3.63) is 56.7 Å². The minimum Gasteiger partial charge on any atom is -0.493 e. The maximum atomic E-state index is 13.4. The van der Waals surface area contributed by atoms with Crippen LogP contribution in [0, 0.1) is 6.92 Å². The fraction of sp³-hybridized carbons (Fsp3) is 0.429. The van der Waals surface area contributed by atoms with E-state index in [9.17, 15) is 9.59 Å². The second kappa shape index (κ2) is 10.4. The number of fused-ring (bicyclic) bond motifs is 2. The summed E-state index contributed by atoms with van der Waals surface area (Å²) in [4.78, 5) is 38.5. The van der Waals surface area contributed by atoms with E-state index in [1.165, 1.54) is 4.57 Å². The van der Waals surface area contributed by atoms with Crippen LogP contribution in [0.15, 0.2) is 39.9 Å². The van der Waals surface area contributed by atoms with Crippen LogP contribution in [0.3, 0.4) is 0 Å². The number of nitrogens with one attached hydrogen (secondary N) is 1. The van der Waals surface area contributed by atoms with Gasteiger partial charge in [0.15, 0.2) is 11.5 Å². The number of piperidine rings is 1. The van der Waals surface area contributed by atoms with Gasteiger partial charge in [0.2, 0.25) is 5.95 Å². The van der Waals surface area contributed by atoms with E-state index in [0.717, 1.165) is 35.2 Å². The molecule has 1 fully saturated rings. The topological polar surface area (TPSA) is 104 Å². The van der Waals surface area contributed by atoms with E-state index < -0.39 is 0 Å². The standard InChI is InChI=1S/C28H34N6O4/c1-6-11-29-27-30-21-16-24(38-5)23(37-4)15-19(21)25(31-27)33-12-9-18(10-13-33)34-26(35)20-14-17(2)7-8-22(20)32(3)28(34)36/h7-8,14-16,18H,6,9-13H2,1-5H3,(H,29,30,31). The second-order valence-electron chi connectivity index (χ2n) is 9.78. The molecule has 0 radical (unpaired) electrons. The summed E-state index contributed by atoms with van der Waals surface area (Å²) in [7, 11) is 4.94. The SMILES string of the molecule is CCCNc1nc(N2CCC(n3c(=O)c4cc(C)ccc4n(C)c3=O)CC2)c2cc(OC)c(OC)cc2n1. The van der Waals surface area contributed by atoms with Gasteiger partial charge in [-0.25, -0.2) is 9.78 Å². The Morgan fingerprint density at radius 2 is 1.71 bits per heavy atom. The highest BCUT2D eigenvalue weighted by Crippen LogP contribution is 2.37. The molecule has 0 spiro atoms. The summed E-state index contributed by atoms with van der Waals surface area (Å²) in [6.07, 6.45) is 2.23. The van der Waals surface area contributed by atoms with Crippen LogP contribution >= 0.6 is 0 Å². The van der Waals surface area contributed by atoms with Gasteiger partial charge in [0.05, 0.1) is 30.6 Å². The third-order valence-electron chi connectivity index (χ3n) is 7.30. The highest BCUT2D eigenvalue weighted by Gasteiger charge is 2.27. The van der Waals surface area contributed by atoms with Crippen LogP contribution in [0.25, 0.3) is 21.8 Å². The van der Waals surface area contributed by atoms with Crippen molar-refractivity contribution in [2.75, 3.05) is 44.1 Å². The van der Waals surface area contributed by atoms with Crippen LogP contribution < -0.4 is 30.9 Å². The summed E-state index contributed by atoms with van der Waals surface area (Å²) in [6.45, 7) is 6.08. The molecule has 10 heteroatoms. The van der Waals surface area contributed by atoms with Crippen molar-refractivity contribution >= 4 is 33.6 Å². The monoisotopic (exact) mass is 518 g/mol. The predicted octanol–water partition coefficient (Wildman–Crippen LogP) is 3.63. The van der Waals surface area contributed by atoms with Crippen LogP contribution in [0.2, 0.25) is 0 Å². The number of methoxy groups -OCH3 is 2. The Hall–Kier alpha value is -4.08. The van der Waals surface area contributed by atoms with Crippen molar-refractivity contribution in [2.45, 2.75) is 39.2 Å². The van der Waals surface area contributed by atoms with Crippen molar-refractivity contribution in [3.8, 4) is 11.5 Å². The molecule has 0 bridgehead atoms. The molecule has 0 aliphatic carbocycles. The van der Waals surface area contributed by atoms with Crippen molar-refractivity contribution in [2.24, 2.45) is 7.05 Å². The summed E-state index contributed by atoms with van der Waals surface area (Å²) in [5.41, 5.74) is 1.90. The van der Waals surface area contributed by atoms with E-state index in [1.54, 1.807) is 25.8 Å². The minimum absolute atomic E-state index is 0.192. The second-order valence-corrected chi connectivity index (χ2v) is 9.78. The van der Waals surface area contributed by atoms with Gasteiger partial charge in [-0.1, -0.05) is 18.6 Å². The van der Waals surface area contributed by atoms with Crippen molar-refractivity contribution in [1.82, 2.24) is 19.1 Å². The predicted molar refractivity (Wildman–Crippen MR) is 150 cm³/mol. The smallest absolute Gasteiger partial charge is 0.331 e. The summed E-state index contributed by atoms with van der Waals surface area (Å²) in [6, 6.07) is 9.21. The van der Waals surface area contributed by atoms with Gasteiger partial charge in [-0.3, -0.25) is 13.9 Å². The first-order chi connectivity index (χ1) is 18.4. The molecule has 5 rings (SSSR count). The van der Waals surface area contributed by atoms with E-state index in [4.69, 9.17) is 19.4 Å². The fourth-order valence-electron chi connectivity index (χ4n) is 5.25. The van der Waals surface area contributed by atoms with Gasteiger partial charge in [0, 0.05) is 44.2 Å². The lowest BCUT2D eigenvalue weighted by molar-refractivity contribution is 0.355. The molecule has 1 saturated heterocycles. The first-order valence-corrected chi connectivity index (χ1v) is 13.0. The molecule has 4 aromatic rings. The maximum Gasteiger partial charge on any atom is 0.331 e. The molecule has 1 aliphatic heterocycles. The fourth-order valence-corrected chi connectivity index (χ4v) is 5.25. The zero-order valence-electron chi connectivity index (χ0n) is 22.6. The van der Waals surface area contributed by atoms with Gasteiger partial charge >= 0.3 is 5.69 Å². The Balaban J connectivity index is 1.51. The first kappa shape index (κ1) is 25.6. The lowest BCUT2D eigenvalue weighted by Crippen LogP contribution is -2.45. The molecule has 0 amide bonds. The van der Waals surface area contributed by atoms with Crippen molar-refractivity contribution < 1.29 is 9.47 Å². The van der Waals surface area contributed by atoms with E-state index in [-0.39, 0.29) is 17.3 Å². The first-order valence-electron chi connectivity index (χ1n) is 13.0. The van der Waals surface area contributed by atoms with Crippen LogP contribution in [0.4, 0.5) is 11.8 Å². The lowest BCUT2D eigenvalue weighted by atomic mass is 10.0. The maximum absolute atomic E-state index is 13.4. The third-order valence-corrected chi connectivity index (χ3v) is 7.30. The van der Waals surface area contributed by atoms with Gasteiger partial charge in [-0.2, -0.15) is 4.98 Å². The summed E-state index contributed by atoms with van der Waals surface area (Å²) in [5.74, 6) is 2.56. The largest absolute Gasteiger partial charge is 0.493 e. The Bertz CT molecular complexity index is 1620. The van der Waals surface area contributed by atoms with Gasteiger partial charge in [-0.15, -0.1) is 0 Å². The lowest BCUT2D eigenvalue weighted by Gasteiger charge is -2.34. The van der Waals surface area contributed by atoms with Crippen molar-refractivity contribution in [3.63, 3.8) is 0 Å². The molecule has 1 aliphatic rings. The average Bonchev–Trinajstić information content (AvgIpc) is 2.94. The number of aromatic nitrogens is 4. The highest BCUT2D eigenvalue weighted by atomic mass is 16.5. The Morgan fingerprint density at radius 3 is 2.39 bits per heavy atom. The molecule has 0 atom stereocenters. The van der Waals surface area contributed by atoms with E-state index in [0.29, 0.717) is 54.3 Å². The molecule has 2 aromatic heterocycles. The average molecular weight is 519 g/mol. The zero-order valence-corrected chi connectivity index (χ0v) is 22.6. The minimum atomic E-state index is -0.278. The van der Waals surface area contributed by atoms with Gasteiger partial charge < -0.3 is 19.7 Å².